The molecule has 0 unspecified atom stereocenters. The van der Waals surface area contributed by atoms with Gasteiger partial charge in [-0.25, -0.2) is 4.68 Å². The Morgan fingerprint density at radius 2 is 2.14 bits per heavy atom. The molecule has 21 heavy (non-hydrogen) atoms. The fourth-order valence-electron chi connectivity index (χ4n) is 2.28. The number of halogens is 1. The zero-order valence-electron chi connectivity index (χ0n) is 13.5. The van der Waals surface area contributed by atoms with Crippen LogP contribution < -0.4 is 0 Å². The Hall–Kier alpha value is -0.183. The van der Waals surface area contributed by atoms with Gasteiger partial charge in [0.15, 0.2) is 0 Å². The molecule has 0 aliphatic carbocycles. The van der Waals surface area contributed by atoms with Crippen LogP contribution in [0.5, 0.6) is 0 Å². The molecule has 1 aliphatic heterocycles. The summed E-state index contributed by atoms with van der Waals surface area (Å²) in [6.07, 6.45) is 5.52. The van der Waals surface area contributed by atoms with Crippen LogP contribution in [0.2, 0.25) is 25.7 Å². The van der Waals surface area contributed by atoms with E-state index < -0.39 is 8.07 Å². The smallest absolute Gasteiger partial charge is 0.139 e. The van der Waals surface area contributed by atoms with E-state index in [1.165, 1.54) is 15.2 Å². The summed E-state index contributed by atoms with van der Waals surface area (Å²) >= 11 is 2.37. The maximum Gasteiger partial charge on any atom is 0.139 e. The predicted octanol–water partition coefficient (Wildman–Crippen LogP) is 3.52. The van der Waals surface area contributed by atoms with Crippen molar-refractivity contribution >= 4 is 36.2 Å². The molecule has 0 atom stereocenters. The Bertz CT molecular complexity index is 508. The van der Waals surface area contributed by atoms with Gasteiger partial charge in [0.05, 0.1) is 3.57 Å². The van der Waals surface area contributed by atoms with Crippen LogP contribution in [0.3, 0.4) is 0 Å². The van der Waals surface area contributed by atoms with E-state index in [0.29, 0.717) is 6.73 Å². The first kappa shape index (κ1) is 17.2. The van der Waals surface area contributed by atoms with E-state index in [4.69, 9.17) is 9.84 Å². The molecule has 0 saturated heterocycles. The minimum absolute atomic E-state index is 0.559. The molecule has 118 valence electrons. The van der Waals surface area contributed by atoms with Gasteiger partial charge in [-0.3, -0.25) is 0 Å². The van der Waals surface area contributed by atoms with Crippen molar-refractivity contribution < 1.29 is 4.74 Å². The van der Waals surface area contributed by atoms with Gasteiger partial charge in [-0.1, -0.05) is 25.7 Å². The molecule has 0 bridgehead atoms. The highest BCUT2D eigenvalue weighted by atomic mass is 127. The largest absolute Gasteiger partial charge is 0.360 e. The molecule has 4 nitrogen and oxygen atoms in total. The second-order valence-corrected chi connectivity index (χ2v) is 13.8. The van der Waals surface area contributed by atoms with Gasteiger partial charge in [0.2, 0.25) is 0 Å². The van der Waals surface area contributed by atoms with Crippen molar-refractivity contribution in [2.24, 2.45) is 0 Å². The number of nitrogens with zero attached hydrogens (tertiary/aromatic N) is 3. The van der Waals surface area contributed by atoms with E-state index in [9.17, 15) is 0 Å². The Morgan fingerprint density at radius 1 is 1.38 bits per heavy atom. The van der Waals surface area contributed by atoms with Crippen LogP contribution in [-0.4, -0.2) is 49.5 Å². The fraction of sp³-hybridized carbons (Fsp3) is 0.667. The van der Waals surface area contributed by atoms with Crippen LogP contribution in [0.1, 0.15) is 12.1 Å². The Balaban J connectivity index is 1.92. The van der Waals surface area contributed by atoms with Crippen molar-refractivity contribution in [1.82, 2.24) is 14.7 Å². The number of hydrogen-bond donors (Lipinski definition) is 0. The SMILES string of the molecule is CN1CCC=C(c2nn(COCC[Si](C)(C)C)cc2I)C1. The first-order chi connectivity index (χ1) is 9.85. The average molecular weight is 419 g/mol. The van der Waals surface area contributed by atoms with Gasteiger partial charge in [-0.15, -0.1) is 0 Å². The molecule has 0 saturated carbocycles. The quantitative estimate of drug-likeness (QED) is 0.402. The van der Waals surface area contributed by atoms with Gasteiger partial charge in [-0.05, 0) is 47.7 Å². The van der Waals surface area contributed by atoms with Crippen molar-refractivity contribution in [2.75, 3.05) is 26.7 Å². The van der Waals surface area contributed by atoms with Crippen molar-refractivity contribution in [3.05, 3.63) is 21.5 Å². The zero-order valence-corrected chi connectivity index (χ0v) is 16.7. The summed E-state index contributed by atoms with van der Waals surface area (Å²) in [5.74, 6) is 0. The van der Waals surface area contributed by atoms with Crippen LogP contribution in [0.4, 0.5) is 0 Å². The molecule has 1 aromatic rings. The number of likely N-dealkylation sites (N-methyl/N-ethyl adjacent to an activating group) is 1. The van der Waals surface area contributed by atoms with Gasteiger partial charge < -0.3 is 9.64 Å². The van der Waals surface area contributed by atoms with Gasteiger partial charge >= 0.3 is 0 Å². The molecule has 0 amide bonds. The molecular formula is C15H26IN3OSi. The lowest BCUT2D eigenvalue weighted by Gasteiger charge is -2.22. The van der Waals surface area contributed by atoms with Crippen LogP contribution in [0.25, 0.3) is 5.57 Å². The standard InChI is InChI=1S/C15H26IN3OSi/c1-18-7-5-6-13(10-18)15-14(16)11-19(17-15)12-20-8-9-21(2,3)4/h6,11H,5,7-10,12H2,1-4H3. The summed E-state index contributed by atoms with van der Waals surface area (Å²) < 4.78 is 8.91. The number of rotatable bonds is 6. The molecule has 0 spiro atoms. The summed E-state index contributed by atoms with van der Waals surface area (Å²) in [5.41, 5.74) is 2.46. The minimum atomic E-state index is -1.01. The summed E-state index contributed by atoms with van der Waals surface area (Å²) in [4.78, 5) is 2.34. The maximum absolute atomic E-state index is 5.77. The molecule has 0 fully saturated rings. The molecular weight excluding hydrogens is 393 g/mol. The van der Waals surface area contributed by atoms with Gasteiger partial charge in [0.25, 0.3) is 0 Å². The van der Waals surface area contributed by atoms with Crippen molar-refractivity contribution in [3.63, 3.8) is 0 Å². The van der Waals surface area contributed by atoms with Gasteiger partial charge in [-0.2, -0.15) is 5.10 Å². The van der Waals surface area contributed by atoms with E-state index in [-0.39, 0.29) is 0 Å². The summed E-state index contributed by atoms with van der Waals surface area (Å²) in [7, 11) is 1.16. The molecule has 1 aliphatic rings. The van der Waals surface area contributed by atoms with Crippen LogP contribution in [-0.2, 0) is 11.5 Å². The molecule has 0 radical (unpaired) electrons. The van der Waals surface area contributed by atoms with Crippen LogP contribution in [0.15, 0.2) is 12.3 Å². The zero-order chi connectivity index (χ0) is 15.5. The lowest BCUT2D eigenvalue weighted by Crippen LogP contribution is -2.25. The third-order valence-electron chi connectivity index (χ3n) is 3.58. The van der Waals surface area contributed by atoms with Gasteiger partial charge in [0, 0.05) is 34.0 Å². The summed E-state index contributed by atoms with van der Waals surface area (Å²) in [5, 5.41) is 4.70. The molecule has 2 heterocycles. The molecule has 2 rings (SSSR count). The predicted molar refractivity (Wildman–Crippen MR) is 99.1 cm³/mol. The third kappa shape index (κ3) is 5.50. The van der Waals surface area contributed by atoms with Crippen molar-refractivity contribution in [2.45, 2.75) is 38.8 Å². The van der Waals surface area contributed by atoms with Crippen molar-refractivity contribution in [1.29, 1.82) is 0 Å². The Labute approximate surface area is 142 Å². The third-order valence-corrected chi connectivity index (χ3v) is 6.08. The topological polar surface area (TPSA) is 30.3 Å². The van der Waals surface area contributed by atoms with Crippen LogP contribution >= 0.6 is 22.6 Å². The van der Waals surface area contributed by atoms with E-state index in [2.05, 4.69) is 66.5 Å². The van der Waals surface area contributed by atoms with E-state index in [1.807, 2.05) is 4.68 Å². The molecule has 0 aromatic carbocycles. The summed E-state index contributed by atoms with van der Waals surface area (Å²) in [6, 6.07) is 1.20. The maximum atomic E-state index is 5.77. The second-order valence-electron chi connectivity index (χ2n) is 6.97. The first-order valence-electron chi connectivity index (χ1n) is 7.54. The van der Waals surface area contributed by atoms with Gasteiger partial charge in [0.1, 0.15) is 12.4 Å². The molecule has 1 aromatic heterocycles. The number of ether oxygens (including phenoxy) is 1. The first-order valence-corrected chi connectivity index (χ1v) is 12.3. The number of aromatic nitrogens is 2. The lowest BCUT2D eigenvalue weighted by atomic mass is 10.1. The normalized spacial score (nSPS) is 17.1. The Morgan fingerprint density at radius 3 is 2.81 bits per heavy atom. The highest BCUT2D eigenvalue weighted by molar-refractivity contribution is 14.1. The fourth-order valence-corrected chi connectivity index (χ4v) is 3.81. The van der Waals surface area contributed by atoms with Crippen molar-refractivity contribution in [3.8, 4) is 0 Å². The average Bonchev–Trinajstić information content (AvgIpc) is 2.75. The second kappa shape index (κ2) is 7.39. The summed E-state index contributed by atoms with van der Waals surface area (Å²) in [6.45, 7) is 10.6. The highest BCUT2D eigenvalue weighted by Crippen LogP contribution is 2.23. The van der Waals surface area contributed by atoms with E-state index in [0.717, 1.165) is 31.8 Å². The van der Waals surface area contributed by atoms with E-state index >= 15 is 0 Å². The monoisotopic (exact) mass is 419 g/mol. The Kier molecular flexibility index (Phi) is 6.04. The van der Waals surface area contributed by atoms with E-state index in [1.54, 1.807) is 0 Å². The lowest BCUT2D eigenvalue weighted by molar-refractivity contribution is 0.0784. The number of hydrogen-bond acceptors (Lipinski definition) is 3. The molecule has 6 heteroatoms. The minimum Gasteiger partial charge on any atom is -0.360 e. The molecule has 0 N–H and O–H groups in total. The van der Waals surface area contributed by atoms with Crippen LogP contribution in [0, 0.1) is 3.57 Å². The highest BCUT2D eigenvalue weighted by Gasteiger charge is 2.16.